The van der Waals surface area contributed by atoms with E-state index in [1.165, 1.54) is 0 Å². The van der Waals surface area contributed by atoms with Gasteiger partial charge in [-0.05, 0) is 30.3 Å². The fourth-order valence-electron chi connectivity index (χ4n) is 1.96. The Morgan fingerprint density at radius 3 is 2.71 bits per heavy atom. The van der Waals surface area contributed by atoms with E-state index in [-0.39, 0.29) is 0 Å². The van der Waals surface area contributed by atoms with Crippen LogP contribution in [0.15, 0.2) is 36.4 Å². The minimum Gasteiger partial charge on any atom is -0.496 e. The Morgan fingerprint density at radius 1 is 1.29 bits per heavy atom. The van der Waals surface area contributed by atoms with Gasteiger partial charge in [0, 0.05) is 33.4 Å². The average molecular weight is 341 g/mol. The van der Waals surface area contributed by atoms with E-state index in [4.69, 9.17) is 45.9 Å². The number of hydrogen-bond acceptors (Lipinski definition) is 3. The van der Waals surface area contributed by atoms with Crippen molar-refractivity contribution in [1.82, 2.24) is 0 Å². The van der Waals surface area contributed by atoms with Crippen LogP contribution in [0.5, 0.6) is 5.75 Å². The quantitative estimate of drug-likeness (QED) is 0.799. The van der Waals surface area contributed by atoms with Gasteiger partial charge in [0.25, 0.3) is 0 Å². The van der Waals surface area contributed by atoms with E-state index in [0.717, 1.165) is 16.8 Å². The van der Waals surface area contributed by atoms with Crippen molar-refractivity contribution in [2.45, 2.75) is 6.54 Å². The summed E-state index contributed by atoms with van der Waals surface area (Å²) >= 11 is 17.3. The lowest BCUT2D eigenvalue weighted by atomic mass is 10.1. The number of nitrogens with one attached hydrogen (secondary N) is 1. The largest absolute Gasteiger partial charge is 0.496 e. The summed E-state index contributed by atoms with van der Waals surface area (Å²) < 4.78 is 5.32. The number of methoxy groups -OCH3 is 1. The van der Waals surface area contributed by atoms with Gasteiger partial charge in [0.15, 0.2) is 0 Å². The maximum Gasteiger partial charge on any atom is 0.125 e. The van der Waals surface area contributed by atoms with Crippen molar-refractivity contribution in [3.05, 3.63) is 57.6 Å². The van der Waals surface area contributed by atoms with Gasteiger partial charge in [-0.3, -0.25) is 0 Å². The molecular formula is C15H14Cl2N2OS. The lowest BCUT2D eigenvalue weighted by Crippen LogP contribution is -2.13. The number of benzene rings is 2. The van der Waals surface area contributed by atoms with Crippen molar-refractivity contribution in [2.24, 2.45) is 5.73 Å². The molecule has 0 aromatic heterocycles. The maximum absolute atomic E-state index is 6.21. The molecule has 3 N–H and O–H groups in total. The van der Waals surface area contributed by atoms with Gasteiger partial charge < -0.3 is 15.8 Å². The number of thiocarbonyl (C=S) groups is 1. The normalized spacial score (nSPS) is 10.2. The molecule has 21 heavy (non-hydrogen) atoms. The molecule has 0 atom stereocenters. The van der Waals surface area contributed by atoms with Crippen LogP contribution in [0.25, 0.3) is 0 Å². The van der Waals surface area contributed by atoms with E-state index in [1.807, 2.05) is 18.2 Å². The predicted octanol–water partition coefficient (Wildman–Crippen LogP) is 4.25. The lowest BCUT2D eigenvalue weighted by Gasteiger charge is -2.14. The fourth-order valence-corrected chi connectivity index (χ4v) is 2.55. The Morgan fingerprint density at radius 2 is 2.05 bits per heavy atom. The number of nitrogens with two attached hydrogens (primary N) is 1. The van der Waals surface area contributed by atoms with Gasteiger partial charge in [0.05, 0.1) is 7.11 Å². The average Bonchev–Trinajstić information content (AvgIpc) is 2.45. The number of ether oxygens (including phenoxy) is 1. The summed E-state index contributed by atoms with van der Waals surface area (Å²) in [6.45, 7) is 0.471. The van der Waals surface area contributed by atoms with E-state index < -0.39 is 0 Å². The number of rotatable bonds is 5. The summed E-state index contributed by atoms with van der Waals surface area (Å²) in [6, 6.07) is 10.8. The molecule has 0 spiro atoms. The molecule has 0 fully saturated rings. The molecule has 0 aliphatic carbocycles. The van der Waals surface area contributed by atoms with E-state index in [0.29, 0.717) is 27.3 Å². The predicted molar refractivity (Wildman–Crippen MR) is 92.7 cm³/mol. The highest BCUT2D eigenvalue weighted by molar-refractivity contribution is 7.80. The standard InChI is InChI=1S/C15H14Cl2N2OS/c1-20-14-4-2-3-12(17)11(14)8-19-13-7-9(16)5-6-10(13)15(18)21/h2-7,19H,8H2,1H3,(H2,18,21). The van der Waals surface area contributed by atoms with Crippen LogP contribution in [-0.2, 0) is 6.54 Å². The molecule has 0 radical (unpaired) electrons. The molecule has 0 unspecified atom stereocenters. The van der Waals surface area contributed by atoms with Crippen LogP contribution in [0.3, 0.4) is 0 Å². The van der Waals surface area contributed by atoms with E-state index in [1.54, 1.807) is 25.3 Å². The molecule has 0 bridgehead atoms. The second kappa shape index (κ2) is 6.98. The van der Waals surface area contributed by atoms with Crippen LogP contribution in [0.4, 0.5) is 5.69 Å². The molecule has 2 aromatic carbocycles. The summed E-state index contributed by atoms with van der Waals surface area (Å²) in [5, 5.41) is 4.48. The van der Waals surface area contributed by atoms with Crippen LogP contribution in [0.2, 0.25) is 10.0 Å². The summed E-state index contributed by atoms with van der Waals surface area (Å²) in [6.07, 6.45) is 0. The molecule has 2 rings (SSSR count). The minimum atomic E-state index is 0.306. The summed E-state index contributed by atoms with van der Waals surface area (Å²) in [5.74, 6) is 0.717. The number of anilines is 1. The highest BCUT2D eigenvalue weighted by atomic mass is 35.5. The molecule has 3 nitrogen and oxygen atoms in total. The first-order chi connectivity index (χ1) is 10.0. The second-order valence-electron chi connectivity index (χ2n) is 4.33. The topological polar surface area (TPSA) is 47.3 Å². The Hall–Kier alpha value is -1.49. The third-order valence-corrected chi connectivity index (χ3v) is 3.81. The van der Waals surface area contributed by atoms with Crippen molar-refractivity contribution in [3.8, 4) is 5.75 Å². The smallest absolute Gasteiger partial charge is 0.125 e. The maximum atomic E-state index is 6.21. The zero-order valence-corrected chi connectivity index (χ0v) is 13.6. The van der Waals surface area contributed by atoms with Crippen molar-refractivity contribution >= 4 is 46.1 Å². The monoisotopic (exact) mass is 340 g/mol. The molecule has 0 saturated heterocycles. The van der Waals surface area contributed by atoms with E-state index in [9.17, 15) is 0 Å². The van der Waals surface area contributed by atoms with Crippen molar-refractivity contribution in [1.29, 1.82) is 0 Å². The van der Waals surface area contributed by atoms with Crippen molar-refractivity contribution < 1.29 is 4.74 Å². The lowest BCUT2D eigenvalue weighted by molar-refractivity contribution is 0.410. The first kappa shape index (κ1) is 15.9. The zero-order chi connectivity index (χ0) is 15.4. The zero-order valence-electron chi connectivity index (χ0n) is 11.3. The molecule has 0 aliphatic rings. The second-order valence-corrected chi connectivity index (χ2v) is 5.61. The first-order valence-corrected chi connectivity index (χ1v) is 7.34. The molecule has 0 aliphatic heterocycles. The molecule has 0 heterocycles. The molecule has 0 saturated carbocycles. The van der Waals surface area contributed by atoms with Gasteiger partial charge >= 0.3 is 0 Å². The molecule has 0 amide bonds. The van der Waals surface area contributed by atoms with Crippen LogP contribution in [-0.4, -0.2) is 12.1 Å². The summed E-state index contributed by atoms with van der Waals surface area (Å²) in [7, 11) is 1.61. The van der Waals surface area contributed by atoms with Crippen LogP contribution in [0, 0.1) is 0 Å². The van der Waals surface area contributed by atoms with Crippen LogP contribution in [0.1, 0.15) is 11.1 Å². The summed E-state index contributed by atoms with van der Waals surface area (Å²) in [4.78, 5) is 0.306. The Balaban J connectivity index is 2.28. The Kier molecular flexibility index (Phi) is 5.28. The van der Waals surface area contributed by atoms with Gasteiger partial charge in [0.2, 0.25) is 0 Å². The van der Waals surface area contributed by atoms with Gasteiger partial charge in [-0.15, -0.1) is 0 Å². The van der Waals surface area contributed by atoms with Gasteiger partial charge in [-0.1, -0.05) is 41.5 Å². The molecular weight excluding hydrogens is 327 g/mol. The highest BCUT2D eigenvalue weighted by Gasteiger charge is 2.10. The Bertz CT molecular complexity index is 677. The van der Waals surface area contributed by atoms with Crippen molar-refractivity contribution in [2.75, 3.05) is 12.4 Å². The highest BCUT2D eigenvalue weighted by Crippen LogP contribution is 2.28. The number of hydrogen-bond donors (Lipinski definition) is 2. The van der Waals surface area contributed by atoms with E-state index >= 15 is 0 Å². The first-order valence-electron chi connectivity index (χ1n) is 6.17. The van der Waals surface area contributed by atoms with E-state index in [2.05, 4.69) is 5.32 Å². The van der Waals surface area contributed by atoms with Gasteiger partial charge in [-0.2, -0.15) is 0 Å². The van der Waals surface area contributed by atoms with Gasteiger partial charge in [0.1, 0.15) is 10.7 Å². The number of halogens is 2. The molecule has 6 heteroatoms. The third-order valence-electron chi connectivity index (χ3n) is 3.00. The van der Waals surface area contributed by atoms with Crippen molar-refractivity contribution in [3.63, 3.8) is 0 Å². The minimum absolute atomic E-state index is 0.306. The molecule has 2 aromatic rings. The SMILES string of the molecule is COc1cccc(Cl)c1CNc1cc(Cl)ccc1C(N)=S. The van der Waals surface area contributed by atoms with Gasteiger partial charge in [-0.25, -0.2) is 0 Å². The third kappa shape index (κ3) is 3.79. The van der Waals surface area contributed by atoms with Crippen LogP contribution < -0.4 is 15.8 Å². The summed E-state index contributed by atoms with van der Waals surface area (Å²) in [5.41, 5.74) is 8.07. The Labute approximate surface area is 139 Å². The fraction of sp³-hybridized carbons (Fsp3) is 0.133. The van der Waals surface area contributed by atoms with Crippen LogP contribution >= 0.6 is 35.4 Å². The molecule has 110 valence electrons.